The zero-order valence-electron chi connectivity index (χ0n) is 7.70. The van der Waals surface area contributed by atoms with Crippen LogP contribution < -0.4 is 0 Å². The molecule has 0 fully saturated rings. The number of aldehydes is 1. The molecule has 2 rings (SSSR count). The average molecular weight is 233 g/mol. The molecule has 0 amide bonds. The molecule has 3 nitrogen and oxygen atoms in total. The summed E-state index contributed by atoms with van der Waals surface area (Å²) < 4.78 is 27.0. The first-order valence-corrected chi connectivity index (χ1v) is 3.90. The second-order valence-corrected chi connectivity index (χ2v) is 2.90. The van der Waals surface area contributed by atoms with E-state index < -0.39 is 11.6 Å². The highest BCUT2D eigenvalue weighted by atomic mass is 35.5. The summed E-state index contributed by atoms with van der Waals surface area (Å²) in [6.07, 6.45) is 0.538. The zero-order valence-corrected chi connectivity index (χ0v) is 8.52. The number of carbonyl (C=O) groups is 1. The van der Waals surface area contributed by atoms with Crippen molar-refractivity contribution < 1.29 is 13.6 Å². The maximum absolute atomic E-state index is 12.8. The number of nitrogens with zero attached hydrogens (tertiary/aromatic N) is 2. The predicted molar refractivity (Wildman–Crippen MR) is 53.3 cm³/mol. The number of aromatic nitrogens is 2. The molecule has 0 spiro atoms. The molecule has 0 atom stereocenters. The molecule has 0 saturated carbocycles. The van der Waals surface area contributed by atoms with Gasteiger partial charge in [-0.05, 0) is 0 Å². The maximum atomic E-state index is 12.8. The Labute approximate surface area is 90.1 Å². The van der Waals surface area contributed by atoms with Gasteiger partial charge in [0.25, 0.3) is 0 Å². The van der Waals surface area contributed by atoms with E-state index in [0.29, 0.717) is 11.8 Å². The molecule has 1 heterocycles. The third-order valence-electron chi connectivity index (χ3n) is 2.06. The molecule has 0 bridgehead atoms. The number of fused-ring (bicyclic) bond motifs is 1. The van der Waals surface area contributed by atoms with Gasteiger partial charge in [0.05, 0.1) is 11.0 Å². The van der Waals surface area contributed by atoms with Crippen LogP contribution in [0.4, 0.5) is 8.78 Å². The van der Waals surface area contributed by atoms with Gasteiger partial charge >= 0.3 is 0 Å². The summed E-state index contributed by atoms with van der Waals surface area (Å²) in [5, 5.41) is 0. The molecule has 0 aliphatic carbocycles. The number of hydrogen-bond acceptors (Lipinski definition) is 2. The minimum atomic E-state index is -0.965. The Hall–Kier alpha value is -1.49. The van der Waals surface area contributed by atoms with Crippen LogP contribution in [0.3, 0.4) is 0 Å². The highest BCUT2D eigenvalue weighted by Crippen LogP contribution is 2.17. The van der Waals surface area contributed by atoms with Gasteiger partial charge in [0, 0.05) is 19.2 Å². The Morgan fingerprint density at radius 2 is 1.93 bits per heavy atom. The van der Waals surface area contributed by atoms with Crippen molar-refractivity contribution in [1.29, 1.82) is 0 Å². The van der Waals surface area contributed by atoms with Gasteiger partial charge in [-0.3, -0.25) is 4.79 Å². The molecule has 15 heavy (non-hydrogen) atoms. The van der Waals surface area contributed by atoms with Gasteiger partial charge in [-0.25, -0.2) is 13.8 Å². The molecule has 0 aliphatic heterocycles. The van der Waals surface area contributed by atoms with Gasteiger partial charge in [-0.15, -0.1) is 12.4 Å². The molecule has 0 aliphatic rings. The summed E-state index contributed by atoms with van der Waals surface area (Å²) in [5.74, 6) is -1.77. The third kappa shape index (κ3) is 1.70. The van der Waals surface area contributed by atoms with Crippen LogP contribution in [0, 0.1) is 11.6 Å². The monoisotopic (exact) mass is 232 g/mol. The lowest BCUT2D eigenvalue weighted by Crippen LogP contribution is -1.95. The van der Waals surface area contributed by atoms with E-state index in [0.717, 1.165) is 12.1 Å². The normalized spacial score (nSPS) is 10.1. The molecule has 1 aromatic carbocycles. The maximum Gasteiger partial charge on any atom is 0.185 e. The van der Waals surface area contributed by atoms with Crippen molar-refractivity contribution >= 4 is 29.7 Å². The topological polar surface area (TPSA) is 34.9 Å². The second kappa shape index (κ2) is 3.94. The highest BCUT2D eigenvalue weighted by molar-refractivity contribution is 5.85. The number of benzene rings is 1. The average Bonchev–Trinajstić information content (AvgIpc) is 2.45. The number of aryl methyl sites for hydroxylation is 1. The fourth-order valence-electron chi connectivity index (χ4n) is 1.31. The van der Waals surface area contributed by atoms with E-state index in [4.69, 9.17) is 0 Å². The summed E-state index contributed by atoms with van der Waals surface area (Å²) in [4.78, 5) is 14.3. The van der Waals surface area contributed by atoms with Gasteiger partial charge in [-0.2, -0.15) is 0 Å². The zero-order chi connectivity index (χ0) is 10.3. The minimum absolute atomic E-state index is 0. The standard InChI is InChI=1S/C9H6F2N2O.ClH/c1-13-8-3-6(11)5(10)2-7(8)12-9(13)4-14;/h2-4H,1H3;1H. The third-order valence-corrected chi connectivity index (χ3v) is 2.06. The van der Waals surface area contributed by atoms with Crippen molar-refractivity contribution in [2.75, 3.05) is 0 Å². The molecule has 2 aromatic rings. The van der Waals surface area contributed by atoms with Crippen LogP contribution in [-0.4, -0.2) is 15.8 Å². The van der Waals surface area contributed by atoms with Crippen LogP contribution in [0.2, 0.25) is 0 Å². The number of hydrogen-bond donors (Lipinski definition) is 0. The van der Waals surface area contributed by atoms with Crippen molar-refractivity contribution in [3.05, 3.63) is 29.6 Å². The summed E-state index contributed by atoms with van der Waals surface area (Å²) in [5.41, 5.74) is 0.666. The van der Waals surface area contributed by atoms with Gasteiger partial charge < -0.3 is 4.57 Å². The lowest BCUT2D eigenvalue weighted by atomic mass is 10.3. The largest absolute Gasteiger partial charge is 0.325 e. The molecule has 0 saturated heterocycles. The quantitative estimate of drug-likeness (QED) is 0.706. The first-order chi connectivity index (χ1) is 6.63. The fourth-order valence-corrected chi connectivity index (χ4v) is 1.31. The van der Waals surface area contributed by atoms with Crippen LogP contribution in [-0.2, 0) is 7.05 Å². The Balaban J connectivity index is 0.00000112. The second-order valence-electron chi connectivity index (χ2n) is 2.90. The van der Waals surface area contributed by atoms with Crippen LogP contribution in [0.25, 0.3) is 11.0 Å². The van der Waals surface area contributed by atoms with E-state index >= 15 is 0 Å². The first kappa shape index (κ1) is 11.6. The molecule has 80 valence electrons. The van der Waals surface area contributed by atoms with Crippen molar-refractivity contribution in [2.24, 2.45) is 7.05 Å². The fraction of sp³-hybridized carbons (Fsp3) is 0.111. The van der Waals surface area contributed by atoms with Gasteiger partial charge in [0.15, 0.2) is 23.7 Å². The van der Waals surface area contributed by atoms with Gasteiger partial charge in [0.2, 0.25) is 0 Å². The lowest BCUT2D eigenvalue weighted by molar-refractivity contribution is 0.111. The number of rotatable bonds is 1. The smallest absolute Gasteiger partial charge is 0.185 e. The molecule has 0 radical (unpaired) electrons. The molecule has 0 unspecified atom stereocenters. The SMILES string of the molecule is Cl.Cn1c(C=O)nc2cc(F)c(F)cc21. The molecular formula is C9H7ClF2N2O. The number of imidazole rings is 1. The van der Waals surface area contributed by atoms with Gasteiger partial charge in [-0.1, -0.05) is 0 Å². The summed E-state index contributed by atoms with van der Waals surface area (Å²) in [7, 11) is 1.57. The summed E-state index contributed by atoms with van der Waals surface area (Å²) in [6, 6.07) is 1.99. The van der Waals surface area contributed by atoms with Crippen LogP contribution in [0.1, 0.15) is 10.6 Å². The van der Waals surface area contributed by atoms with Crippen LogP contribution in [0.5, 0.6) is 0 Å². The van der Waals surface area contributed by atoms with E-state index in [1.54, 1.807) is 7.05 Å². The van der Waals surface area contributed by atoms with Crippen LogP contribution in [0.15, 0.2) is 12.1 Å². The van der Waals surface area contributed by atoms with Crippen molar-refractivity contribution in [1.82, 2.24) is 9.55 Å². The summed E-state index contributed by atoms with van der Waals surface area (Å²) in [6.45, 7) is 0. The van der Waals surface area contributed by atoms with E-state index in [1.807, 2.05) is 0 Å². The molecular weight excluding hydrogens is 226 g/mol. The molecule has 6 heteroatoms. The Bertz CT molecular complexity index is 524. The highest BCUT2D eigenvalue weighted by Gasteiger charge is 2.10. The lowest BCUT2D eigenvalue weighted by Gasteiger charge is -1.96. The Morgan fingerprint density at radius 3 is 2.53 bits per heavy atom. The Morgan fingerprint density at radius 1 is 1.33 bits per heavy atom. The van der Waals surface area contributed by atoms with Crippen molar-refractivity contribution in [3.63, 3.8) is 0 Å². The Kier molecular flexibility index (Phi) is 3.04. The molecule has 1 aromatic heterocycles. The molecule has 0 N–H and O–H groups in total. The van der Waals surface area contributed by atoms with Crippen molar-refractivity contribution in [2.45, 2.75) is 0 Å². The summed E-state index contributed by atoms with van der Waals surface area (Å²) >= 11 is 0. The predicted octanol–water partition coefficient (Wildman–Crippen LogP) is 2.09. The van der Waals surface area contributed by atoms with E-state index in [2.05, 4.69) is 4.98 Å². The van der Waals surface area contributed by atoms with Gasteiger partial charge in [0.1, 0.15) is 0 Å². The minimum Gasteiger partial charge on any atom is -0.325 e. The van der Waals surface area contributed by atoms with E-state index in [1.165, 1.54) is 4.57 Å². The number of carbonyl (C=O) groups excluding carboxylic acids is 1. The first-order valence-electron chi connectivity index (χ1n) is 3.90. The number of halogens is 3. The van der Waals surface area contributed by atoms with E-state index in [9.17, 15) is 13.6 Å². The van der Waals surface area contributed by atoms with E-state index in [-0.39, 0.29) is 23.7 Å². The van der Waals surface area contributed by atoms with Crippen molar-refractivity contribution in [3.8, 4) is 0 Å². The van der Waals surface area contributed by atoms with Crippen LogP contribution >= 0.6 is 12.4 Å².